The van der Waals surface area contributed by atoms with E-state index in [1.54, 1.807) is 30.3 Å². The van der Waals surface area contributed by atoms with Crippen LogP contribution in [0.2, 0.25) is 0 Å². The lowest BCUT2D eigenvalue weighted by atomic mass is 9.78. The molecule has 0 spiro atoms. The predicted molar refractivity (Wildman–Crippen MR) is 103 cm³/mol. The van der Waals surface area contributed by atoms with Crippen LogP contribution in [0.5, 0.6) is 11.8 Å². The van der Waals surface area contributed by atoms with Gasteiger partial charge in [0, 0.05) is 11.5 Å². The monoisotopic (exact) mass is 380 g/mol. The van der Waals surface area contributed by atoms with Gasteiger partial charge in [0.25, 0.3) is 5.69 Å². The van der Waals surface area contributed by atoms with Crippen molar-refractivity contribution in [2.75, 3.05) is 0 Å². The third-order valence-electron chi connectivity index (χ3n) is 6.42. The minimum atomic E-state index is -0.644. The minimum absolute atomic E-state index is 0.0154. The maximum absolute atomic E-state index is 11.4. The number of nitro benzene ring substituents is 1. The summed E-state index contributed by atoms with van der Waals surface area (Å²) in [5.74, 6) is -0.124. The molecule has 3 aromatic rings. The van der Waals surface area contributed by atoms with Crippen LogP contribution in [0.1, 0.15) is 44.2 Å². The maximum Gasteiger partial charge on any atom is 0.277 e. The van der Waals surface area contributed by atoms with Crippen LogP contribution in [0.3, 0.4) is 0 Å². The van der Waals surface area contributed by atoms with Crippen molar-refractivity contribution in [3.05, 3.63) is 57.6 Å². The van der Waals surface area contributed by atoms with E-state index in [-0.39, 0.29) is 17.4 Å². The number of fused-ring (bicyclic) bond motifs is 6. The highest BCUT2D eigenvalue weighted by Gasteiger charge is 2.60. The lowest BCUT2D eigenvalue weighted by Crippen LogP contribution is -2.21. The fourth-order valence-corrected chi connectivity index (χ4v) is 5.08. The smallest absolute Gasteiger partial charge is 0.277 e. The molecular weight excluding hydrogens is 360 g/mol. The van der Waals surface area contributed by atoms with Crippen molar-refractivity contribution in [1.29, 1.82) is 0 Å². The van der Waals surface area contributed by atoms with Crippen molar-refractivity contribution in [3.8, 4) is 17.4 Å². The van der Waals surface area contributed by atoms with Crippen molar-refractivity contribution < 1.29 is 19.9 Å². The number of hydrogen-bond acceptors (Lipinski definition) is 5. The first kappa shape index (κ1) is 17.1. The standard InChI is InChI=1S/C21H20N2O5/c1-3-21-11-10-20(2,28-21)16-17(21)19(25)22(18(16)24)14-8-9-15(23(26)27)13-7-5-4-6-12(13)14/h4-9,24-25H,3,10-11H2,1-2H3/t20-,21+/m1/s1. The first-order valence-electron chi connectivity index (χ1n) is 9.37. The zero-order chi connectivity index (χ0) is 19.8. The number of nitro groups is 1. The Morgan fingerprint density at radius 2 is 1.79 bits per heavy atom. The summed E-state index contributed by atoms with van der Waals surface area (Å²) in [4.78, 5) is 11.0. The quantitative estimate of drug-likeness (QED) is 0.511. The molecule has 0 radical (unpaired) electrons. The molecule has 3 heterocycles. The van der Waals surface area contributed by atoms with Gasteiger partial charge >= 0.3 is 0 Å². The van der Waals surface area contributed by atoms with Crippen molar-refractivity contribution in [2.24, 2.45) is 0 Å². The van der Waals surface area contributed by atoms with Gasteiger partial charge in [0.05, 0.1) is 38.3 Å². The molecule has 2 aliphatic heterocycles. The average Bonchev–Trinajstić information content (AvgIpc) is 3.26. The van der Waals surface area contributed by atoms with Crippen LogP contribution in [0.15, 0.2) is 36.4 Å². The van der Waals surface area contributed by atoms with E-state index in [1.807, 2.05) is 13.8 Å². The number of nitrogens with zero attached hydrogens (tertiary/aromatic N) is 2. The largest absolute Gasteiger partial charge is 0.494 e. The highest BCUT2D eigenvalue weighted by Crippen LogP contribution is 2.65. The molecule has 2 bridgehead atoms. The van der Waals surface area contributed by atoms with Crippen LogP contribution in [0, 0.1) is 10.1 Å². The van der Waals surface area contributed by atoms with Crippen molar-refractivity contribution in [2.45, 2.75) is 44.3 Å². The number of aromatic hydroxyl groups is 2. The molecule has 5 rings (SSSR count). The van der Waals surface area contributed by atoms with E-state index in [9.17, 15) is 20.3 Å². The number of benzene rings is 2. The zero-order valence-corrected chi connectivity index (χ0v) is 15.6. The third kappa shape index (κ3) is 1.87. The van der Waals surface area contributed by atoms with Gasteiger partial charge in [0.1, 0.15) is 0 Å². The molecule has 2 aliphatic rings. The molecule has 0 aliphatic carbocycles. The Morgan fingerprint density at radius 3 is 2.46 bits per heavy atom. The fraction of sp³-hybridized carbons (Fsp3) is 0.333. The molecule has 1 aromatic heterocycles. The summed E-state index contributed by atoms with van der Waals surface area (Å²) < 4.78 is 7.67. The minimum Gasteiger partial charge on any atom is -0.494 e. The van der Waals surface area contributed by atoms with E-state index in [1.165, 1.54) is 10.6 Å². The molecule has 2 aromatic carbocycles. The molecule has 7 nitrogen and oxygen atoms in total. The predicted octanol–water partition coefficient (Wildman–Crippen LogP) is 4.59. The summed E-state index contributed by atoms with van der Waals surface area (Å²) in [6, 6.07) is 9.91. The second-order valence-corrected chi connectivity index (χ2v) is 7.82. The Hall–Kier alpha value is -3.06. The molecule has 144 valence electrons. The first-order chi connectivity index (χ1) is 13.3. The van der Waals surface area contributed by atoms with Crippen LogP contribution in [-0.2, 0) is 15.9 Å². The van der Waals surface area contributed by atoms with Crippen molar-refractivity contribution >= 4 is 16.5 Å². The van der Waals surface area contributed by atoms with Gasteiger partial charge in [0.15, 0.2) is 0 Å². The third-order valence-corrected chi connectivity index (χ3v) is 6.42. The number of rotatable bonds is 3. The van der Waals surface area contributed by atoms with Gasteiger partial charge < -0.3 is 14.9 Å². The zero-order valence-electron chi connectivity index (χ0n) is 15.6. The van der Waals surface area contributed by atoms with E-state index in [0.29, 0.717) is 34.0 Å². The summed E-state index contributed by atoms with van der Waals surface area (Å²) in [5, 5.41) is 34.7. The van der Waals surface area contributed by atoms with Gasteiger partial charge in [-0.15, -0.1) is 0 Å². The highest BCUT2D eigenvalue weighted by molar-refractivity contribution is 5.97. The number of aromatic nitrogens is 1. The summed E-state index contributed by atoms with van der Waals surface area (Å²) in [6.07, 6.45) is 2.24. The van der Waals surface area contributed by atoms with Gasteiger partial charge in [-0.05, 0) is 38.3 Å². The molecule has 0 unspecified atom stereocenters. The number of hydrogen-bond donors (Lipinski definition) is 2. The van der Waals surface area contributed by atoms with Crippen molar-refractivity contribution in [1.82, 2.24) is 4.57 Å². The molecule has 0 amide bonds. The second kappa shape index (κ2) is 5.26. The van der Waals surface area contributed by atoms with Gasteiger partial charge in [-0.25, -0.2) is 0 Å². The van der Waals surface area contributed by atoms with Gasteiger partial charge in [-0.3, -0.25) is 14.7 Å². The SMILES string of the molecule is CC[C@@]12CC[C@@](C)(O1)c1c2c(O)n(-c2ccc([N+](=O)[O-])c3ccccc23)c1O. The molecule has 0 saturated carbocycles. The molecule has 1 saturated heterocycles. The maximum atomic E-state index is 11.4. The van der Waals surface area contributed by atoms with Gasteiger partial charge in [-0.2, -0.15) is 0 Å². The summed E-state index contributed by atoms with van der Waals surface area (Å²) in [5.41, 5.74) is 0.505. The van der Waals surface area contributed by atoms with Crippen LogP contribution in [0.25, 0.3) is 16.5 Å². The van der Waals surface area contributed by atoms with Crippen molar-refractivity contribution in [3.63, 3.8) is 0 Å². The van der Waals surface area contributed by atoms with E-state index < -0.39 is 16.1 Å². The van der Waals surface area contributed by atoms with Gasteiger partial charge in [0.2, 0.25) is 11.8 Å². The molecule has 2 atom stereocenters. The second-order valence-electron chi connectivity index (χ2n) is 7.82. The Labute approximate surface area is 160 Å². The van der Waals surface area contributed by atoms with Crippen LogP contribution in [0.4, 0.5) is 5.69 Å². The summed E-state index contributed by atoms with van der Waals surface area (Å²) >= 11 is 0. The van der Waals surface area contributed by atoms with Crippen LogP contribution >= 0.6 is 0 Å². The van der Waals surface area contributed by atoms with E-state index in [4.69, 9.17) is 4.74 Å². The van der Waals surface area contributed by atoms with E-state index >= 15 is 0 Å². The Kier molecular flexibility index (Phi) is 3.21. The van der Waals surface area contributed by atoms with Crippen LogP contribution < -0.4 is 0 Å². The van der Waals surface area contributed by atoms with E-state index in [0.717, 1.165) is 12.8 Å². The Morgan fingerprint density at radius 1 is 1.11 bits per heavy atom. The highest BCUT2D eigenvalue weighted by atomic mass is 16.6. The van der Waals surface area contributed by atoms with Crippen LogP contribution in [-0.4, -0.2) is 19.7 Å². The lowest BCUT2D eigenvalue weighted by molar-refractivity contribution is -0.383. The lowest BCUT2D eigenvalue weighted by Gasteiger charge is -2.24. The molecule has 7 heteroatoms. The Balaban J connectivity index is 1.84. The first-order valence-corrected chi connectivity index (χ1v) is 9.37. The van der Waals surface area contributed by atoms with E-state index in [2.05, 4.69) is 0 Å². The normalized spacial score (nSPS) is 25.4. The number of ether oxygens (including phenoxy) is 1. The topological polar surface area (TPSA) is 97.8 Å². The van der Waals surface area contributed by atoms with Gasteiger partial charge in [-0.1, -0.05) is 25.1 Å². The average molecular weight is 380 g/mol. The molecule has 28 heavy (non-hydrogen) atoms. The summed E-state index contributed by atoms with van der Waals surface area (Å²) in [6.45, 7) is 3.95. The summed E-state index contributed by atoms with van der Waals surface area (Å²) in [7, 11) is 0. The molecule has 1 fully saturated rings. The fourth-order valence-electron chi connectivity index (χ4n) is 5.08. The number of non-ortho nitro benzene ring substituents is 1. The Bertz CT molecular complexity index is 1170. The molecule has 2 N–H and O–H groups in total. The molecular formula is C21H20N2O5.